The number of aryl methyl sites for hydroxylation is 1. The van der Waals surface area contributed by atoms with Crippen LogP contribution in [0.2, 0.25) is 0 Å². The Morgan fingerprint density at radius 1 is 1.38 bits per heavy atom. The second kappa shape index (κ2) is 5.18. The molecule has 0 saturated heterocycles. The molecular weight excluding hydrogens is 206 g/mol. The fourth-order valence-electron chi connectivity index (χ4n) is 1.74. The van der Waals surface area contributed by atoms with Crippen LogP contribution in [-0.4, -0.2) is 19.9 Å². The van der Waals surface area contributed by atoms with Crippen LogP contribution in [0.25, 0.3) is 0 Å². The van der Waals surface area contributed by atoms with E-state index in [1.165, 1.54) is 5.56 Å². The van der Waals surface area contributed by atoms with Crippen molar-refractivity contribution in [2.24, 2.45) is 0 Å². The van der Waals surface area contributed by atoms with Crippen molar-refractivity contribution in [2.75, 3.05) is 13.9 Å². The lowest BCUT2D eigenvalue weighted by atomic mass is 10.1. The fourth-order valence-corrected chi connectivity index (χ4v) is 1.74. The number of rotatable bonds is 5. The summed E-state index contributed by atoms with van der Waals surface area (Å²) in [6.45, 7) is 2.43. The zero-order valence-electron chi connectivity index (χ0n) is 9.66. The topological polar surface area (TPSA) is 39.7 Å². The molecule has 4 nitrogen and oxygen atoms in total. The van der Waals surface area contributed by atoms with Crippen molar-refractivity contribution in [2.45, 2.75) is 25.8 Å². The first kappa shape index (κ1) is 11.2. The van der Waals surface area contributed by atoms with Crippen molar-refractivity contribution in [3.05, 3.63) is 23.8 Å². The Hall–Kier alpha value is -1.26. The zero-order valence-corrected chi connectivity index (χ0v) is 9.66. The summed E-state index contributed by atoms with van der Waals surface area (Å²) in [4.78, 5) is 4.87. The fraction of sp³-hybridized carbons (Fsp3) is 0.500. The Bertz CT molecular complexity index is 354. The van der Waals surface area contributed by atoms with Gasteiger partial charge in [-0.3, -0.25) is 0 Å². The molecule has 0 amide bonds. The average molecular weight is 223 g/mol. The quantitative estimate of drug-likeness (QED) is 0.774. The molecule has 88 valence electrons. The Morgan fingerprint density at radius 3 is 3.00 bits per heavy atom. The first-order valence-electron chi connectivity index (χ1n) is 5.46. The largest absolute Gasteiger partial charge is 0.454 e. The van der Waals surface area contributed by atoms with E-state index in [9.17, 15) is 0 Å². The van der Waals surface area contributed by atoms with Gasteiger partial charge in [-0.25, -0.2) is 5.48 Å². The van der Waals surface area contributed by atoms with Crippen molar-refractivity contribution in [3.63, 3.8) is 0 Å². The van der Waals surface area contributed by atoms with Crippen LogP contribution >= 0.6 is 0 Å². The predicted octanol–water partition coefficient (Wildman–Crippen LogP) is 1.89. The highest BCUT2D eigenvalue weighted by Gasteiger charge is 2.13. The summed E-state index contributed by atoms with van der Waals surface area (Å²) in [5, 5.41) is 0. The van der Waals surface area contributed by atoms with E-state index >= 15 is 0 Å². The van der Waals surface area contributed by atoms with Crippen LogP contribution in [0.3, 0.4) is 0 Å². The molecule has 0 aliphatic carbocycles. The van der Waals surface area contributed by atoms with Gasteiger partial charge in [0.15, 0.2) is 11.5 Å². The van der Waals surface area contributed by atoms with Gasteiger partial charge in [0.05, 0.1) is 7.11 Å². The number of hydrogen-bond acceptors (Lipinski definition) is 4. The average Bonchev–Trinajstić information content (AvgIpc) is 2.74. The third-order valence-electron chi connectivity index (χ3n) is 2.62. The van der Waals surface area contributed by atoms with Crippen molar-refractivity contribution >= 4 is 0 Å². The van der Waals surface area contributed by atoms with Gasteiger partial charge in [0.2, 0.25) is 6.79 Å². The van der Waals surface area contributed by atoms with E-state index in [1.807, 2.05) is 12.1 Å². The van der Waals surface area contributed by atoms with Gasteiger partial charge in [-0.2, -0.15) is 0 Å². The molecule has 1 unspecified atom stereocenters. The summed E-state index contributed by atoms with van der Waals surface area (Å²) in [5.74, 6) is 1.69. The van der Waals surface area contributed by atoms with Crippen LogP contribution in [0, 0.1) is 0 Å². The molecule has 2 rings (SSSR count). The lowest BCUT2D eigenvalue weighted by Gasteiger charge is -2.11. The van der Waals surface area contributed by atoms with E-state index in [-0.39, 0.29) is 0 Å². The molecule has 0 radical (unpaired) electrons. The van der Waals surface area contributed by atoms with Crippen LogP contribution in [0.15, 0.2) is 18.2 Å². The Balaban J connectivity index is 1.90. The highest BCUT2D eigenvalue weighted by Crippen LogP contribution is 2.32. The van der Waals surface area contributed by atoms with E-state index in [4.69, 9.17) is 14.3 Å². The number of fused-ring (bicyclic) bond motifs is 1. The van der Waals surface area contributed by atoms with Gasteiger partial charge in [0, 0.05) is 6.04 Å². The summed E-state index contributed by atoms with van der Waals surface area (Å²) in [7, 11) is 1.64. The summed E-state index contributed by atoms with van der Waals surface area (Å²) < 4.78 is 10.6. The second-order valence-electron chi connectivity index (χ2n) is 3.95. The molecule has 1 N–H and O–H groups in total. The third kappa shape index (κ3) is 2.65. The number of ether oxygens (including phenoxy) is 2. The maximum atomic E-state index is 5.33. The van der Waals surface area contributed by atoms with E-state index in [1.54, 1.807) is 7.11 Å². The highest BCUT2D eigenvalue weighted by molar-refractivity contribution is 5.44. The molecule has 1 aromatic rings. The Kier molecular flexibility index (Phi) is 3.64. The summed E-state index contributed by atoms with van der Waals surface area (Å²) in [6, 6.07) is 6.43. The van der Waals surface area contributed by atoms with Gasteiger partial charge in [-0.05, 0) is 37.5 Å². The molecule has 0 aromatic heterocycles. The lowest BCUT2D eigenvalue weighted by Crippen LogP contribution is -2.25. The minimum absolute atomic E-state index is 0.334. The van der Waals surface area contributed by atoms with Gasteiger partial charge >= 0.3 is 0 Å². The molecule has 16 heavy (non-hydrogen) atoms. The molecule has 0 saturated carbocycles. The van der Waals surface area contributed by atoms with Crippen molar-refractivity contribution in [1.82, 2.24) is 5.48 Å². The molecular formula is C12H17NO3. The molecule has 1 aliphatic heterocycles. The third-order valence-corrected chi connectivity index (χ3v) is 2.62. The monoisotopic (exact) mass is 223 g/mol. The minimum atomic E-state index is 0.334. The number of hydrogen-bond donors (Lipinski definition) is 1. The predicted molar refractivity (Wildman–Crippen MR) is 60.5 cm³/mol. The van der Waals surface area contributed by atoms with Crippen molar-refractivity contribution in [3.8, 4) is 11.5 Å². The maximum absolute atomic E-state index is 5.33. The molecule has 1 heterocycles. The molecule has 4 heteroatoms. The van der Waals surface area contributed by atoms with E-state index in [0.717, 1.165) is 24.3 Å². The Morgan fingerprint density at radius 2 is 2.19 bits per heavy atom. The number of benzene rings is 1. The number of nitrogens with one attached hydrogen (secondary N) is 1. The highest BCUT2D eigenvalue weighted by atomic mass is 16.7. The molecule has 0 fully saturated rings. The molecule has 1 atom stereocenters. The smallest absolute Gasteiger partial charge is 0.231 e. The van der Waals surface area contributed by atoms with Crippen molar-refractivity contribution < 1.29 is 14.3 Å². The second-order valence-corrected chi connectivity index (χ2v) is 3.95. The zero-order chi connectivity index (χ0) is 11.4. The van der Waals surface area contributed by atoms with Crippen molar-refractivity contribution in [1.29, 1.82) is 0 Å². The standard InChI is InChI=1S/C12H17NO3/c1-9(13-14-2)3-4-10-5-6-11-12(7-10)16-8-15-11/h5-7,9,13H,3-4,8H2,1-2H3. The minimum Gasteiger partial charge on any atom is -0.454 e. The first-order valence-corrected chi connectivity index (χ1v) is 5.46. The van der Waals surface area contributed by atoms with E-state index in [2.05, 4.69) is 18.5 Å². The van der Waals surface area contributed by atoms with Crippen LogP contribution in [0.4, 0.5) is 0 Å². The summed E-state index contributed by atoms with van der Waals surface area (Å²) >= 11 is 0. The summed E-state index contributed by atoms with van der Waals surface area (Å²) in [5.41, 5.74) is 4.17. The van der Waals surface area contributed by atoms with Gasteiger partial charge in [-0.15, -0.1) is 0 Å². The molecule has 0 bridgehead atoms. The summed E-state index contributed by atoms with van der Waals surface area (Å²) in [6.07, 6.45) is 2.02. The van der Waals surface area contributed by atoms with E-state index < -0.39 is 0 Å². The van der Waals surface area contributed by atoms with Gasteiger partial charge in [0.1, 0.15) is 0 Å². The molecule has 1 aliphatic rings. The van der Waals surface area contributed by atoms with Crippen LogP contribution in [0.5, 0.6) is 11.5 Å². The normalized spacial score (nSPS) is 15.1. The lowest BCUT2D eigenvalue weighted by molar-refractivity contribution is 0.0637. The molecule has 0 spiro atoms. The van der Waals surface area contributed by atoms with Gasteiger partial charge in [-0.1, -0.05) is 6.07 Å². The Labute approximate surface area is 95.5 Å². The first-order chi connectivity index (χ1) is 7.79. The van der Waals surface area contributed by atoms with Gasteiger partial charge < -0.3 is 14.3 Å². The van der Waals surface area contributed by atoms with E-state index in [0.29, 0.717) is 12.8 Å². The van der Waals surface area contributed by atoms with Crippen LogP contribution in [-0.2, 0) is 11.3 Å². The van der Waals surface area contributed by atoms with Crippen LogP contribution < -0.4 is 15.0 Å². The van der Waals surface area contributed by atoms with Crippen LogP contribution in [0.1, 0.15) is 18.9 Å². The molecule has 1 aromatic carbocycles. The SMILES string of the molecule is CONC(C)CCc1ccc2c(c1)OCO2. The number of hydroxylamine groups is 1. The van der Waals surface area contributed by atoms with Gasteiger partial charge in [0.25, 0.3) is 0 Å². The maximum Gasteiger partial charge on any atom is 0.231 e.